The molecule has 238 valence electrons. The molecule has 0 aromatic heterocycles. The monoisotopic (exact) mass is 659 g/mol. The van der Waals surface area contributed by atoms with E-state index in [-0.39, 0.29) is 47.2 Å². The number of hydrogen-bond donors (Lipinski definition) is 3. The van der Waals surface area contributed by atoms with Crippen LogP contribution in [0.25, 0.3) is 0 Å². The Morgan fingerprint density at radius 2 is 1.74 bits per heavy atom. The van der Waals surface area contributed by atoms with Gasteiger partial charge < -0.3 is 20.7 Å². The molecule has 1 aliphatic carbocycles. The summed E-state index contributed by atoms with van der Waals surface area (Å²) in [5.74, 6) is 0.487. The number of phosphoric acid groups is 1. The van der Waals surface area contributed by atoms with Gasteiger partial charge in [-0.2, -0.15) is 10.4 Å². The molecule has 0 spiro atoms. The first-order chi connectivity index (χ1) is 19.9. The van der Waals surface area contributed by atoms with Crippen molar-refractivity contribution in [2.75, 3.05) is 24.7 Å². The number of nitriles is 1. The average Bonchev–Trinajstić information content (AvgIpc) is 3.18. The van der Waals surface area contributed by atoms with Crippen molar-refractivity contribution in [3.05, 3.63) is 11.8 Å². The Balaban J connectivity index is 1.43. The van der Waals surface area contributed by atoms with Gasteiger partial charge in [0.1, 0.15) is 36.8 Å². The van der Waals surface area contributed by atoms with Crippen LogP contribution in [0.2, 0.25) is 0 Å². The summed E-state index contributed by atoms with van der Waals surface area (Å²) in [4.78, 5) is 28.4. The average molecular weight is 660 g/mol. The van der Waals surface area contributed by atoms with Crippen molar-refractivity contribution < 1.29 is 42.7 Å². The molecule has 2 fully saturated rings. The van der Waals surface area contributed by atoms with Gasteiger partial charge in [0.15, 0.2) is 21.7 Å². The second kappa shape index (κ2) is 12.2. The molecule has 14 nitrogen and oxygen atoms in total. The Kier molecular flexibility index (Phi) is 9.66. The third kappa shape index (κ3) is 6.61. The Hall–Kier alpha value is -1.80. The third-order valence-corrected chi connectivity index (χ3v) is 11.2. The van der Waals surface area contributed by atoms with E-state index in [1.54, 1.807) is 47.6 Å². The Bertz CT molecular complexity index is 1290. The van der Waals surface area contributed by atoms with E-state index in [9.17, 15) is 29.6 Å². The van der Waals surface area contributed by atoms with Crippen LogP contribution in [0, 0.1) is 22.2 Å². The molecule has 0 bridgehead atoms. The molecule has 1 saturated heterocycles. The molecule has 0 aromatic carbocycles. The first-order valence-electron chi connectivity index (χ1n) is 13.7. The number of aliphatic hydroxyl groups is 2. The number of hydrazone groups is 1. The summed E-state index contributed by atoms with van der Waals surface area (Å²) in [6.07, 6.45) is -1.24. The van der Waals surface area contributed by atoms with Crippen LogP contribution < -0.4 is 5.73 Å². The molecule has 0 aromatic rings. The number of rotatable bonds is 11. The number of nitrogens with two attached hydrogens (primary N) is 1. The highest BCUT2D eigenvalue weighted by Crippen LogP contribution is 2.64. The first kappa shape index (κ1) is 34.1. The summed E-state index contributed by atoms with van der Waals surface area (Å²) < 4.78 is 36.3. The highest BCUT2D eigenvalue weighted by atomic mass is 32.2. The van der Waals surface area contributed by atoms with Crippen molar-refractivity contribution in [1.29, 1.82) is 5.26 Å². The Morgan fingerprint density at radius 3 is 2.21 bits per heavy atom. The molecular formula is C26H38N5O9PS2. The number of aliphatic imine (C=N–C) groups is 1. The number of ether oxygens (including phenoxy) is 1. The molecule has 0 radical (unpaired) electrons. The topological polar surface area (TPSA) is 206 Å². The van der Waals surface area contributed by atoms with E-state index in [0.717, 1.165) is 23.5 Å². The maximum absolute atomic E-state index is 13.7. The fraction of sp³-hybridized carbons (Fsp3) is 0.731. The van der Waals surface area contributed by atoms with E-state index in [1.165, 1.54) is 11.3 Å². The number of thioether (sulfide) groups is 2. The van der Waals surface area contributed by atoms with Gasteiger partial charge in [0, 0.05) is 22.3 Å². The zero-order valence-corrected chi connectivity index (χ0v) is 27.4. The predicted molar refractivity (Wildman–Crippen MR) is 161 cm³/mol. The van der Waals surface area contributed by atoms with E-state index in [0.29, 0.717) is 5.70 Å². The minimum atomic E-state index is -4.40. The number of nitrogens with zero attached hydrogens (tertiary/aromatic N) is 4. The number of carbonyl (C=O) groups excluding carboxylic acids is 2. The normalized spacial score (nSPS) is 31.7. The van der Waals surface area contributed by atoms with Gasteiger partial charge in [0.2, 0.25) is 5.60 Å². The van der Waals surface area contributed by atoms with E-state index in [2.05, 4.69) is 10.1 Å². The maximum Gasteiger partial charge on any atom is 0.475 e. The smallest absolute Gasteiger partial charge is 0.386 e. The third-order valence-electron chi connectivity index (χ3n) is 7.22. The van der Waals surface area contributed by atoms with Crippen molar-refractivity contribution >= 4 is 53.8 Å². The lowest BCUT2D eigenvalue weighted by Crippen LogP contribution is -2.59. The molecule has 0 amide bonds. The van der Waals surface area contributed by atoms with Crippen LogP contribution in [-0.4, -0.2) is 97.9 Å². The molecule has 4 aliphatic rings. The largest absolute Gasteiger partial charge is 0.475 e. The molecule has 2 unspecified atom stereocenters. The van der Waals surface area contributed by atoms with Crippen LogP contribution >= 0.6 is 31.3 Å². The van der Waals surface area contributed by atoms with Gasteiger partial charge in [-0.25, -0.2) is 9.56 Å². The van der Waals surface area contributed by atoms with E-state index >= 15 is 0 Å². The fourth-order valence-electron chi connectivity index (χ4n) is 4.73. The van der Waals surface area contributed by atoms with E-state index < -0.39 is 54.2 Å². The van der Waals surface area contributed by atoms with Crippen molar-refractivity contribution in [3.63, 3.8) is 0 Å². The number of fused-ring (bicyclic) bond motifs is 2. The lowest BCUT2D eigenvalue weighted by atomic mass is 9.85. The van der Waals surface area contributed by atoms with Crippen LogP contribution in [0.15, 0.2) is 21.9 Å². The van der Waals surface area contributed by atoms with Gasteiger partial charge in [-0.3, -0.25) is 28.2 Å². The summed E-state index contributed by atoms with van der Waals surface area (Å²) in [6, 6.07) is 1.16. The van der Waals surface area contributed by atoms with Gasteiger partial charge in [-0.05, 0) is 6.42 Å². The maximum atomic E-state index is 13.7. The van der Waals surface area contributed by atoms with Gasteiger partial charge in [0.25, 0.3) is 0 Å². The minimum absolute atomic E-state index is 0.0871. The van der Waals surface area contributed by atoms with Crippen molar-refractivity contribution in [3.8, 4) is 6.07 Å². The second-order valence-corrected chi connectivity index (χ2v) is 16.3. The summed E-state index contributed by atoms with van der Waals surface area (Å²) >= 11 is 2.01. The zero-order valence-electron chi connectivity index (χ0n) is 24.9. The summed E-state index contributed by atoms with van der Waals surface area (Å²) in [5, 5.41) is 38.3. The van der Waals surface area contributed by atoms with Gasteiger partial charge >= 0.3 is 7.82 Å². The molecule has 3 heterocycles. The highest BCUT2D eigenvalue weighted by molar-refractivity contribution is 8.14. The van der Waals surface area contributed by atoms with Crippen molar-refractivity contribution in [2.45, 2.75) is 83.5 Å². The number of aliphatic hydroxyl groups excluding tert-OH is 1. The summed E-state index contributed by atoms with van der Waals surface area (Å²) in [5.41, 5.74) is 1.18. The molecular weight excluding hydrogens is 621 g/mol. The van der Waals surface area contributed by atoms with Gasteiger partial charge in [-0.15, -0.1) is 0 Å². The van der Waals surface area contributed by atoms with Gasteiger partial charge in [-0.1, -0.05) is 71.1 Å². The van der Waals surface area contributed by atoms with Crippen LogP contribution in [-0.2, 0) is 32.5 Å². The molecule has 3 aliphatic heterocycles. The van der Waals surface area contributed by atoms with E-state index in [4.69, 9.17) is 24.0 Å². The molecule has 43 heavy (non-hydrogen) atoms. The van der Waals surface area contributed by atoms with Crippen molar-refractivity contribution in [2.24, 2.45) is 26.7 Å². The Morgan fingerprint density at radius 1 is 1.19 bits per heavy atom. The minimum Gasteiger partial charge on any atom is -0.386 e. The molecule has 6 atom stereocenters. The first-order valence-corrected chi connectivity index (χ1v) is 17.1. The summed E-state index contributed by atoms with van der Waals surface area (Å²) in [6.45, 7) is 10.3. The fourth-order valence-corrected chi connectivity index (χ4v) is 7.93. The molecule has 4 N–H and O–H groups in total. The summed E-state index contributed by atoms with van der Waals surface area (Å²) in [7, 11) is -4.40. The highest BCUT2D eigenvalue weighted by Gasteiger charge is 2.84. The number of phosphoric ester groups is 1. The Labute approximate surface area is 259 Å². The quantitative estimate of drug-likeness (QED) is 0.215. The second-order valence-electron chi connectivity index (χ2n) is 12.6. The van der Waals surface area contributed by atoms with Crippen molar-refractivity contribution in [1.82, 2.24) is 5.01 Å². The zero-order chi connectivity index (χ0) is 32.0. The lowest BCUT2D eigenvalue weighted by Gasteiger charge is -2.39. The lowest BCUT2D eigenvalue weighted by molar-refractivity contribution is -0.126. The van der Waals surface area contributed by atoms with Crippen LogP contribution in [0.4, 0.5) is 0 Å². The SMILES string of the molecule is CC(C)(C)C(=O)SCCOP(=O)(OCCSC(=O)C(C)(C)C)OC1[C@H]2O[C@@](C#N)(C3CC=C4C(N)=NC=NN43)[C@H](O)[C@@]12O. The van der Waals surface area contributed by atoms with Crippen LogP contribution in [0.5, 0.6) is 0 Å². The number of carbonyl (C=O) groups is 2. The molecule has 1 saturated carbocycles. The molecule has 17 heteroatoms. The molecule has 4 rings (SSSR count). The van der Waals surface area contributed by atoms with E-state index in [1.807, 2.05) is 6.07 Å². The standard InChI is InChI=1S/C26H38N5O9PS2/c1-23(2,3)21(33)42-11-9-37-41(36,38-10-12-43-22(34)24(4,5)6)40-18-17-26(18,35)20(32)25(13-27,39-17)16-8-7-15-19(28)29-14-30-31(15)16/h7,14,16-18,20,32,35H,8-12H2,1-6H3,(H2,28,29,30)/t16?,17-,18?,20+,25+,26+/m1/s1. The van der Waals surface area contributed by atoms with Crippen LogP contribution in [0.1, 0.15) is 48.0 Å². The number of amidine groups is 1. The van der Waals surface area contributed by atoms with Crippen LogP contribution in [0.3, 0.4) is 0 Å². The predicted octanol–water partition coefficient (Wildman–Crippen LogP) is 2.16. The number of hydrogen-bond acceptors (Lipinski definition) is 16. The van der Waals surface area contributed by atoms with Gasteiger partial charge in [0.05, 0.1) is 18.9 Å².